The fourth-order valence-corrected chi connectivity index (χ4v) is 2.37. The molecule has 126 valence electrons. The van der Waals surface area contributed by atoms with Crippen LogP contribution >= 0.6 is 0 Å². The van der Waals surface area contributed by atoms with Crippen molar-refractivity contribution in [2.45, 2.75) is 6.92 Å². The number of ether oxygens (including phenoxy) is 1. The number of aromatic nitrogens is 2. The third-order valence-electron chi connectivity index (χ3n) is 3.72. The number of aromatic amines is 1. The van der Waals surface area contributed by atoms with Gasteiger partial charge < -0.3 is 4.74 Å². The molecule has 0 fully saturated rings. The molecule has 0 bridgehead atoms. The van der Waals surface area contributed by atoms with Crippen LogP contribution < -0.4 is 10.2 Å². The minimum atomic E-state index is -0.357. The van der Waals surface area contributed by atoms with E-state index in [1.807, 2.05) is 61.5 Å². The van der Waals surface area contributed by atoms with Crippen molar-refractivity contribution in [2.75, 3.05) is 7.11 Å². The van der Waals surface area contributed by atoms with Crippen molar-refractivity contribution in [3.63, 3.8) is 0 Å². The number of carbonyl (C=O) groups is 1. The van der Waals surface area contributed by atoms with Gasteiger partial charge in [-0.25, -0.2) is 5.43 Å². The number of H-pyrrole nitrogens is 1. The van der Waals surface area contributed by atoms with Gasteiger partial charge in [0.1, 0.15) is 11.4 Å². The van der Waals surface area contributed by atoms with Gasteiger partial charge in [0.15, 0.2) is 0 Å². The van der Waals surface area contributed by atoms with Crippen molar-refractivity contribution < 1.29 is 9.53 Å². The second kappa shape index (κ2) is 7.44. The lowest BCUT2D eigenvalue weighted by molar-refractivity contribution is 0.0950. The average Bonchev–Trinajstić information content (AvgIpc) is 3.16. The first-order valence-electron chi connectivity index (χ1n) is 7.78. The minimum Gasteiger partial charge on any atom is -0.496 e. The summed E-state index contributed by atoms with van der Waals surface area (Å²) in [5, 5.41) is 11.1. The van der Waals surface area contributed by atoms with Crippen molar-refractivity contribution >= 4 is 11.6 Å². The van der Waals surface area contributed by atoms with Crippen LogP contribution in [0.2, 0.25) is 0 Å². The number of hydrazone groups is 1. The number of hydrogen-bond donors (Lipinski definition) is 2. The summed E-state index contributed by atoms with van der Waals surface area (Å²) >= 11 is 0. The summed E-state index contributed by atoms with van der Waals surface area (Å²) in [4.78, 5) is 12.3. The summed E-state index contributed by atoms with van der Waals surface area (Å²) < 4.78 is 5.32. The molecule has 25 heavy (non-hydrogen) atoms. The van der Waals surface area contributed by atoms with E-state index in [4.69, 9.17) is 4.74 Å². The number of carbonyl (C=O) groups excluding carboxylic acids is 1. The Bertz CT molecular complexity index is 901. The normalized spacial score (nSPS) is 11.2. The lowest BCUT2D eigenvalue weighted by atomic mass is 10.1. The Morgan fingerprint density at radius 3 is 2.60 bits per heavy atom. The second-order valence-corrected chi connectivity index (χ2v) is 5.37. The molecule has 3 aromatic rings. The molecule has 0 saturated carbocycles. The molecule has 0 spiro atoms. The Labute approximate surface area is 145 Å². The molecule has 0 radical (unpaired) electrons. The summed E-state index contributed by atoms with van der Waals surface area (Å²) in [7, 11) is 1.60. The average molecular weight is 334 g/mol. The van der Waals surface area contributed by atoms with E-state index in [2.05, 4.69) is 20.7 Å². The Hall–Kier alpha value is -3.41. The highest BCUT2D eigenvalue weighted by atomic mass is 16.5. The number of nitrogens with zero attached hydrogens (tertiary/aromatic N) is 2. The molecule has 6 heteroatoms. The maximum Gasteiger partial charge on any atom is 0.289 e. The first-order chi connectivity index (χ1) is 12.2. The molecule has 1 aromatic heterocycles. The van der Waals surface area contributed by atoms with Crippen LogP contribution in [0.15, 0.2) is 65.8 Å². The van der Waals surface area contributed by atoms with Crippen LogP contribution in [0.1, 0.15) is 23.0 Å². The fraction of sp³-hybridized carbons (Fsp3) is 0.105. The number of hydrogen-bond acceptors (Lipinski definition) is 4. The van der Waals surface area contributed by atoms with E-state index >= 15 is 0 Å². The van der Waals surface area contributed by atoms with Crippen molar-refractivity contribution in [3.05, 3.63) is 71.9 Å². The van der Waals surface area contributed by atoms with Gasteiger partial charge in [-0.05, 0) is 30.7 Å². The minimum absolute atomic E-state index is 0.325. The quantitative estimate of drug-likeness (QED) is 0.555. The molecule has 0 saturated heterocycles. The number of methoxy groups -OCH3 is 1. The Balaban J connectivity index is 1.75. The highest BCUT2D eigenvalue weighted by molar-refractivity contribution is 6.00. The third-order valence-corrected chi connectivity index (χ3v) is 3.72. The highest BCUT2D eigenvalue weighted by Gasteiger charge is 2.13. The maximum atomic E-state index is 12.3. The fourth-order valence-electron chi connectivity index (χ4n) is 2.37. The number of nitrogens with one attached hydrogen (secondary N) is 2. The van der Waals surface area contributed by atoms with Gasteiger partial charge >= 0.3 is 0 Å². The van der Waals surface area contributed by atoms with E-state index in [-0.39, 0.29) is 5.91 Å². The van der Waals surface area contributed by atoms with Crippen molar-refractivity contribution in [1.29, 1.82) is 0 Å². The molecule has 2 aromatic carbocycles. The molecule has 0 atom stereocenters. The summed E-state index contributed by atoms with van der Waals surface area (Å²) in [5.74, 6) is 0.336. The van der Waals surface area contributed by atoms with Gasteiger partial charge in [0.25, 0.3) is 5.91 Å². The van der Waals surface area contributed by atoms with Crippen molar-refractivity contribution in [2.24, 2.45) is 5.10 Å². The molecule has 0 aliphatic carbocycles. The Kier molecular flexibility index (Phi) is 4.89. The van der Waals surface area contributed by atoms with Crippen LogP contribution in [-0.2, 0) is 0 Å². The van der Waals surface area contributed by atoms with Gasteiger partial charge in [0, 0.05) is 5.56 Å². The largest absolute Gasteiger partial charge is 0.496 e. The summed E-state index contributed by atoms with van der Waals surface area (Å²) in [5.41, 5.74) is 5.97. The molecule has 2 N–H and O–H groups in total. The van der Waals surface area contributed by atoms with Crippen LogP contribution in [0.3, 0.4) is 0 Å². The number of para-hydroxylation sites is 1. The number of amides is 1. The predicted molar refractivity (Wildman–Crippen MR) is 96.7 cm³/mol. The van der Waals surface area contributed by atoms with Gasteiger partial charge in [-0.1, -0.05) is 42.5 Å². The Morgan fingerprint density at radius 2 is 1.84 bits per heavy atom. The molecule has 0 aliphatic heterocycles. The van der Waals surface area contributed by atoms with Gasteiger partial charge in [-0.15, -0.1) is 0 Å². The van der Waals surface area contributed by atoms with Crippen LogP contribution in [0.25, 0.3) is 11.3 Å². The number of benzene rings is 2. The van der Waals surface area contributed by atoms with Crippen LogP contribution in [0.4, 0.5) is 0 Å². The lowest BCUT2D eigenvalue weighted by Crippen LogP contribution is -2.19. The highest BCUT2D eigenvalue weighted by Crippen LogP contribution is 2.28. The van der Waals surface area contributed by atoms with Crippen LogP contribution in [0, 0.1) is 0 Å². The smallest absolute Gasteiger partial charge is 0.289 e. The third kappa shape index (κ3) is 3.74. The van der Waals surface area contributed by atoms with E-state index in [0.29, 0.717) is 17.1 Å². The van der Waals surface area contributed by atoms with Crippen molar-refractivity contribution in [3.8, 4) is 17.0 Å². The topological polar surface area (TPSA) is 79.4 Å². The molecular formula is C19H18N4O2. The van der Waals surface area contributed by atoms with Crippen LogP contribution in [0.5, 0.6) is 5.75 Å². The molecule has 0 unspecified atom stereocenters. The van der Waals surface area contributed by atoms with E-state index in [9.17, 15) is 4.79 Å². The molecule has 3 rings (SSSR count). The number of rotatable bonds is 5. The van der Waals surface area contributed by atoms with E-state index in [1.54, 1.807) is 13.2 Å². The zero-order chi connectivity index (χ0) is 17.6. The standard InChI is InChI=1S/C19H18N4O2/c1-13(14-8-4-3-5-9-14)20-23-19(24)17-12-16(21-22-17)15-10-6-7-11-18(15)25-2/h3-12H,1-2H3,(H,21,22)(H,23,24). The lowest BCUT2D eigenvalue weighted by Gasteiger charge is -2.04. The second-order valence-electron chi connectivity index (χ2n) is 5.37. The molecule has 1 heterocycles. The van der Waals surface area contributed by atoms with Crippen molar-refractivity contribution in [1.82, 2.24) is 15.6 Å². The Morgan fingerprint density at radius 1 is 1.12 bits per heavy atom. The van der Waals surface area contributed by atoms with E-state index < -0.39 is 0 Å². The first-order valence-corrected chi connectivity index (χ1v) is 7.78. The van der Waals surface area contributed by atoms with Gasteiger partial charge in [-0.3, -0.25) is 9.89 Å². The summed E-state index contributed by atoms with van der Waals surface area (Å²) in [6.45, 7) is 1.84. The van der Waals surface area contributed by atoms with Gasteiger partial charge in [0.05, 0.1) is 18.5 Å². The zero-order valence-corrected chi connectivity index (χ0v) is 14.0. The summed E-state index contributed by atoms with van der Waals surface area (Å²) in [6, 6.07) is 18.8. The first kappa shape index (κ1) is 16.4. The monoisotopic (exact) mass is 334 g/mol. The van der Waals surface area contributed by atoms with Gasteiger partial charge in [0.2, 0.25) is 0 Å². The van der Waals surface area contributed by atoms with Crippen LogP contribution in [-0.4, -0.2) is 28.9 Å². The van der Waals surface area contributed by atoms with Gasteiger partial charge in [-0.2, -0.15) is 10.2 Å². The SMILES string of the molecule is COc1ccccc1-c1cc(C(=O)NN=C(C)c2ccccc2)[nH]n1. The van der Waals surface area contributed by atoms with E-state index in [0.717, 1.165) is 16.8 Å². The molecular weight excluding hydrogens is 316 g/mol. The van der Waals surface area contributed by atoms with E-state index in [1.165, 1.54) is 0 Å². The molecule has 1 amide bonds. The molecule has 0 aliphatic rings. The molecule has 6 nitrogen and oxygen atoms in total. The summed E-state index contributed by atoms with van der Waals surface area (Å²) in [6.07, 6.45) is 0. The zero-order valence-electron chi connectivity index (χ0n) is 14.0. The predicted octanol–water partition coefficient (Wildman–Crippen LogP) is 3.24. The maximum absolute atomic E-state index is 12.3.